The van der Waals surface area contributed by atoms with Crippen LogP contribution in [0.2, 0.25) is 0 Å². The molecule has 0 atom stereocenters. The summed E-state index contributed by atoms with van der Waals surface area (Å²) in [6.45, 7) is 14.5. The van der Waals surface area contributed by atoms with Crippen LogP contribution in [0.4, 0.5) is 0 Å². The highest BCUT2D eigenvalue weighted by atomic mass is 32.1. The van der Waals surface area contributed by atoms with Gasteiger partial charge in [0.1, 0.15) is 5.75 Å². The zero-order chi connectivity index (χ0) is 30.0. The second kappa shape index (κ2) is 18.4. The molecule has 1 heterocycles. The van der Waals surface area contributed by atoms with Gasteiger partial charge in [-0.2, -0.15) is 0 Å². The van der Waals surface area contributed by atoms with Crippen molar-refractivity contribution in [1.82, 2.24) is 4.98 Å². The molecule has 0 fully saturated rings. The average molecular weight is 564 g/mol. The van der Waals surface area contributed by atoms with E-state index in [2.05, 4.69) is 75.1 Å². The van der Waals surface area contributed by atoms with Gasteiger partial charge in [0.05, 0.1) is 15.2 Å². The molecule has 7 rings (SSSR count). The van der Waals surface area contributed by atoms with E-state index in [0.29, 0.717) is 5.75 Å². The van der Waals surface area contributed by atoms with E-state index in [9.17, 15) is 5.11 Å². The van der Waals surface area contributed by atoms with E-state index in [1.165, 1.54) is 44.5 Å². The van der Waals surface area contributed by atoms with Crippen molar-refractivity contribution in [3.05, 3.63) is 120 Å². The van der Waals surface area contributed by atoms with Crippen molar-refractivity contribution in [3.8, 4) is 5.75 Å². The highest BCUT2D eigenvalue weighted by Crippen LogP contribution is 2.37. The second-order valence-electron chi connectivity index (χ2n) is 9.21. The van der Waals surface area contributed by atoms with Gasteiger partial charge in [-0.1, -0.05) is 151 Å². The van der Waals surface area contributed by atoms with Gasteiger partial charge in [0.2, 0.25) is 0 Å². The molecule has 2 nitrogen and oxygen atoms in total. The van der Waals surface area contributed by atoms with Crippen molar-refractivity contribution in [2.24, 2.45) is 0 Å². The fourth-order valence-corrected chi connectivity index (χ4v) is 4.92. The Hall–Kier alpha value is -3.95. The number of hydrogen-bond acceptors (Lipinski definition) is 3. The van der Waals surface area contributed by atoms with Crippen LogP contribution in [0.5, 0.6) is 5.75 Å². The predicted octanol–water partition coefficient (Wildman–Crippen LogP) is 12.4. The van der Waals surface area contributed by atoms with Crippen LogP contribution < -0.4 is 0 Å². The summed E-state index contributed by atoms with van der Waals surface area (Å²) in [7, 11) is 0. The number of aromatic nitrogens is 1. The first-order chi connectivity index (χ1) is 20.0. The van der Waals surface area contributed by atoms with E-state index >= 15 is 0 Å². The first kappa shape index (κ1) is 33.3. The van der Waals surface area contributed by atoms with Crippen LogP contribution in [-0.2, 0) is 0 Å². The number of para-hydroxylation sites is 1. The molecule has 214 valence electrons. The van der Waals surface area contributed by atoms with Crippen molar-refractivity contribution in [1.29, 1.82) is 0 Å². The molecule has 7 aromatic rings. The fraction of sp³-hybridized carbons (Fsp3) is 0.237. The lowest BCUT2D eigenvalue weighted by Gasteiger charge is -2.11. The van der Waals surface area contributed by atoms with E-state index in [-0.39, 0.29) is 0 Å². The fourth-order valence-electron chi connectivity index (χ4n) is 4.09. The molecule has 0 radical (unpaired) electrons. The number of aromatic hydroxyl groups is 1. The summed E-state index contributed by atoms with van der Waals surface area (Å²) < 4.78 is 1.28. The predicted molar refractivity (Wildman–Crippen MR) is 186 cm³/mol. The standard InChI is InChI=1S/C16H10O.C8H7NS.C6H6.2C3H8.C2H6/c17-14-9-7-12-5-4-10-2-1-3-11-6-8-13(14)16(12)15(10)11;1-6-9-7-4-2-3-5-8(7)10-6;1-2-4-6-5-3-1;2*1-3-2;1-2/h1-9,17H;2-5H,1H3;1-6H;2*3H2,1-2H3;1-2H3. The molecule has 0 saturated heterocycles. The van der Waals surface area contributed by atoms with Gasteiger partial charge >= 0.3 is 0 Å². The van der Waals surface area contributed by atoms with Gasteiger partial charge in [-0.05, 0) is 46.7 Å². The number of phenols is 1. The summed E-state index contributed by atoms with van der Waals surface area (Å²) >= 11 is 1.74. The van der Waals surface area contributed by atoms with Gasteiger partial charge in [-0.25, -0.2) is 4.98 Å². The van der Waals surface area contributed by atoms with Crippen molar-refractivity contribution in [2.45, 2.75) is 61.3 Å². The highest BCUT2D eigenvalue weighted by molar-refractivity contribution is 7.18. The molecule has 0 saturated carbocycles. The SMILES string of the molecule is CC.CCC.CCC.Cc1nc2ccccc2s1.Oc1ccc2ccc3cccc4ccc1c2c34.c1ccccc1. The quantitative estimate of drug-likeness (QED) is 0.186. The second-order valence-corrected chi connectivity index (χ2v) is 10.4. The molecule has 1 aromatic heterocycles. The Kier molecular flexibility index (Phi) is 14.9. The largest absolute Gasteiger partial charge is 0.507 e. The van der Waals surface area contributed by atoms with Crippen LogP contribution in [0.15, 0.2) is 115 Å². The summed E-state index contributed by atoms with van der Waals surface area (Å²) in [5.74, 6) is 0.357. The van der Waals surface area contributed by atoms with E-state index < -0.39 is 0 Å². The normalized spacial score (nSPS) is 9.63. The number of hydrogen-bond donors (Lipinski definition) is 1. The maximum atomic E-state index is 9.95. The molecule has 0 aliphatic carbocycles. The first-order valence-electron chi connectivity index (χ1n) is 14.7. The van der Waals surface area contributed by atoms with Crippen LogP contribution in [0, 0.1) is 6.92 Å². The Bertz CT molecular complexity index is 1590. The van der Waals surface area contributed by atoms with Crippen LogP contribution >= 0.6 is 11.3 Å². The van der Waals surface area contributed by atoms with Crippen molar-refractivity contribution in [3.63, 3.8) is 0 Å². The lowest BCUT2D eigenvalue weighted by Crippen LogP contribution is -1.83. The summed E-state index contributed by atoms with van der Waals surface area (Å²) in [5.41, 5.74) is 1.12. The van der Waals surface area contributed by atoms with Gasteiger partial charge in [0.15, 0.2) is 0 Å². The zero-order valence-electron chi connectivity index (χ0n) is 25.7. The summed E-state index contributed by atoms with van der Waals surface area (Å²) in [4.78, 5) is 4.33. The smallest absolute Gasteiger partial charge is 0.123 e. The lowest BCUT2D eigenvalue weighted by molar-refractivity contribution is 0.482. The lowest BCUT2D eigenvalue weighted by atomic mass is 9.94. The molecule has 0 aliphatic heterocycles. The van der Waals surface area contributed by atoms with E-state index in [1.807, 2.05) is 87.5 Å². The van der Waals surface area contributed by atoms with E-state index in [4.69, 9.17) is 0 Å². The highest BCUT2D eigenvalue weighted by Gasteiger charge is 2.09. The number of thiazole rings is 1. The average Bonchev–Trinajstić information content (AvgIpc) is 3.40. The number of benzene rings is 6. The zero-order valence-corrected chi connectivity index (χ0v) is 26.5. The minimum absolute atomic E-state index is 0.357. The minimum atomic E-state index is 0.357. The van der Waals surface area contributed by atoms with Crippen molar-refractivity contribution < 1.29 is 5.11 Å². The first-order valence-corrected chi connectivity index (χ1v) is 15.5. The summed E-state index contributed by atoms with van der Waals surface area (Å²) in [6, 6.07) is 38.6. The third-order valence-electron chi connectivity index (χ3n) is 5.57. The Morgan fingerprint density at radius 3 is 1.56 bits per heavy atom. The Labute approximate surface area is 250 Å². The van der Waals surface area contributed by atoms with Gasteiger partial charge in [-0.15, -0.1) is 11.3 Å². The van der Waals surface area contributed by atoms with Crippen molar-refractivity contribution >= 4 is 53.9 Å². The van der Waals surface area contributed by atoms with Gasteiger partial charge in [-0.3, -0.25) is 0 Å². The van der Waals surface area contributed by atoms with Crippen molar-refractivity contribution in [2.75, 3.05) is 0 Å². The minimum Gasteiger partial charge on any atom is -0.507 e. The topological polar surface area (TPSA) is 33.1 Å². The van der Waals surface area contributed by atoms with Crippen LogP contribution in [0.3, 0.4) is 0 Å². The van der Waals surface area contributed by atoms with Crippen LogP contribution in [0.1, 0.15) is 59.4 Å². The Morgan fingerprint density at radius 1 is 0.561 bits per heavy atom. The monoisotopic (exact) mass is 563 g/mol. The van der Waals surface area contributed by atoms with Gasteiger partial charge in [0, 0.05) is 10.8 Å². The summed E-state index contributed by atoms with van der Waals surface area (Å²) in [6.07, 6.45) is 2.50. The molecule has 41 heavy (non-hydrogen) atoms. The maximum Gasteiger partial charge on any atom is 0.123 e. The molecule has 0 unspecified atom stereocenters. The molecular weight excluding hydrogens is 518 g/mol. The molecule has 0 amide bonds. The molecule has 0 spiro atoms. The number of nitrogens with zero attached hydrogens (tertiary/aromatic N) is 1. The summed E-state index contributed by atoms with van der Waals surface area (Å²) in [5, 5.41) is 18.1. The van der Waals surface area contributed by atoms with Gasteiger partial charge in [0.25, 0.3) is 0 Å². The maximum absolute atomic E-state index is 9.95. The molecular formula is C38H45NOS. The molecule has 0 bridgehead atoms. The van der Waals surface area contributed by atoms with Crippen LogP contribution in [0.25, 0.3) is 42.5 Å². The Morgan fingerprint density at radius 2 is 1.02 bits per heavy atom. The van der Waals surface area contributed by atoms with Crippen LogP contribution in [-0.4, -0.2) is 10.1 Å². The number of rotatable bonds is 0. The number of phenolic OH excluding ortho intramolecular Hbond substituents is 1. The van der Waals surface area contributed by atoms with E-state index in [1.54, 1.807) is 17.4 Å². The van der Waals surface area contributed by atoms with E-state index in [0.717, 1.165) is 15.9 Å². The van der Waals surface area contributed by atoms with Gasteiger partial charge < -0.3 is 5.11 Å². The number of fused-ring (bicyclic) bond motifs is 1. The third-order valence-corrected chi connectivity index (χ3v) is 6.52. The molecule has 6 aromatic carbocycles. The molecule has 3 heteroatoms. The molecule has 0 aliphatic rings. The third kappa shape index (κ3) is 9.58. The Balaban J connectivity index is 0.000000209. The molecule has 1 N–H and O–H groups in total. The number of aryl methyl sites for hydroxylation is 1.